The third-order valence-electron chi connectivity index (χ3n) is 2.26. The van der Waals surface area contributed by atoms with Crippen molar-refractivity contribution in [2.24, 2.45) is 0 Å². The Bertz CT molecular complexity index is 454. The predicted octanol–water partition coefficient (Wildman–Crippen LogP) is 3.07. The maximum Gasteiger partial charge on any atom is 0.160 e. The summed E-state index contributed by atoms with van der Waals surface area (Å²) in [6.45, 7) is 0.716. The summed E-state index contributed by atoms with van der Waals surface area (Å²) in [6.07, 6.45) is 0. The Morgan fingerprint density at radius 1 is 1.38 bits per heavy atom. The van der Waals surface area contributed by atoms with Gasteiger partial charge >= 0.3 is 0 Å². The van der Waals surface area contributed by atoms with Gasteiger partial charge in [0.05, 0.1) is 7.11 Å². The molecule has 1 heterocycles. The van der Waals surface area contributed by atoms with Crippen LogP contribution in [0.15, 0.2) is 35.0 Å². The molecule has 1 aromatic heterocycles. The quantitative estimate of drug-likeness (QED) is 0.855. The van der Waals surface area contributed by atoms with E-state index in [1.54, 1.807) is 24.5 Å². The van der Waals surface area contributed by atoms with E-state index in [0.29, 0.717) is 12.3 Å². The SMILES string of the molecule is COc1cc(CNc2ccsc2)ccc1O. The van der Waals surface area contributed by atoms with Crippen molar-refractivity contribution in [1.29, 1.82) is 0 Å². The average molecular weight is 235 g/mol. The molecule has 0 radical (unpaired) electrons. The molecule has 0 saturated carbocycles. The molecule has 0 aliphatic carbocycles. The lowest BCUT2D eigenvalue weighted by atomic mass is 10.2. The van der Waals surface area contributed by atoms with Gasteiger partial charge in [-0.1, -0.05) is 6.07 Å². The maximum atomic E-state index is 9.44. The lowest BCUT2D eigenvalue weighted by molar-refractivity contribution is 0.373. The van der Waals surface area contributed by atoms with Gasteiger partial charge in [-0.15, -0.1) is 0 Å². The molecule has 0 atom stereocenters. The van der Waals surface area contributed by atoms with Gasteiger partial charge in [-0.3, -0.25) is 0 Å². The van der Waals surface area contributed by atoms with Crippen LogP contribution in [0.2, 0.25) is 0 Å². The number of phenolic OH excluding ortho intramolecular Hbond substituents is 1. The molecule has 16 heavy (non-hydrogen) atoms. The fourth-order valence-electron chi connectivity index (χ4n) is 1.40. The number of phenols is 1. The van der Waals surface area contributed by atoms with E-state index in [0.717, 1.165) is 11.3 Å². The fraction of sp³-hybridized carbons (Fsp3) is 0.167. The van der Waals surface area contributed by atoms with Crippen molar-refractivity contribution in [1.82, 2.24) is 0 Å². The fourth-order valence-corrected chi connectivity index (χ4v) is 2.01. The molecule has 0 amide bonds. The molecule has 4 heteroatoms. The minimum atomic E-state index is 0.168. The first-order chi connectivity index (χ1) is 7.79. The van der Waals surface area contributed by atoms with Gasteiger partial charge in [0, 0.05) is 17.6 Å². The summed E-state index contributed by atoms with van der Waals surface area (Å²) < 4.78 is 5.05. The Hall–Kier alpha value is -1.68. The van der Waals surface area contributed by atoms with E-state index < -0.39 is 0 Å². The molecule has 2 aromatic rings. The molecule has 0 aliphatic heterocycles. The van der Waals surface area contributed by atoms with Gasteiger partial charge in [0.1, 0.15) is 0 Å². The van der Waals surface area contributed by atoms with Crippen LogP contribution < -0.4 is 10.1 Å². The summed E-state index contributed by atoms with van der Waals surface area (Å²) in [7, 11) is 1.55. The zero-order chi connectivity index (χ0) is 11.4. The Kier molecular flexibility index (Phi) is 3.31. The second-order valence-electron chi connectivity index (χ2n) is 3.37. The van der Waals surface area contributed by atoms with Gasteiger partial charge in [-0.05, 0) is 29.1 Å². The molecule has 2 rings (SSSR count). The highest BCUT2D eigenvalue weighted by Gasteiger charge is 2.02. The van der Waals surface area contributed by atoms with Crippen LogP contribution in [0.1, 0.15) is 5.56 Å². The summed E-state index contributed by atoms with van der Waals surface area (Å²) in [4.78, 5) is 0. The van der Waals surface area contributed by atoms with Gasteiger partial charge < -0.3 is 15.2 Å². The summed E-state index contributed by atoms with van der Waals surface area (Å²) >= 11 is 1.66. The first kappa shape index (κ1) is 10.8. The number of hydrogen-bond acceptors (Lipinski definition) is 4. The largest absolute Gasteiger partial charge is 0.504 e. The van der Waals surface area contributed by atoms with E-state index in [4.69, 9.17) is 4.74 Å². The van der Waals surface area contributed by atoms with E-state index in [9.17, 15) is 5.11 Å². The highest BCUT2D eigenvalue weighted by Crippen LogP contribution is 2.26. The molecule has 0 unspecified atom stereocenters. The highest BCUT2D eigenvalue weighted by atomic mass is 32.1. The number of rotatable bonds is 4. The number of anilines is 1. The molecule has 0 saturated heterocycles. The number of methoxy groups -OCH3 is 1. The van der Waals surface area contributed by atoms with Gasteiger partial charge in [-0.2, -0.15) is 11.3 Å². The number of thiophene rings is 1. The minimum absolute atomic E-state index is 0.168. The Labute approximate surface area is 98.3 Å². The topological polar surface area (TPSA) is 41.5 Å². The lowest BCUT2D eigenvalue weighted by Crippen LogP contribution is -1.98. The molecule has 84 valence electrons. The molecule has 0 aliphatic rings. The van der Waals surface area contributed by atoms with Crippen molar-refractivity contribution >= 4 is 17.0 Å². The number of nitrogens with one attached hydrogen (secondary N) is 1. The van der Waals surface area contributed by atoms with E-state index >= 15 is 0 Å². The van der Waals surface area contributed by atoms with Crippen LogP contribution in [0.25, 0.3) is 0 Å². The van der Waals surface area contributed by atoms with Gasteiger partial charge in [-0.25, -0.2) is 0 Å². The molecular formula is C12H13NO2S. The molecule has 3 nitrogen and oxygen atoms in total. The van der Waals surface area contributed by atoms with Crippen LogP contribution in [0.4, 0.5) is 5.69 Å². The van der Waals surface area contributed by atoms with Crippen molar-refractivity contribution < 1.29 is 9.84 Å². The van der Waals surface area contributed by atoms with E-state index in [1.807, 2.05) is 23.6 Å². The summed E-state index contributed by atoms with van der Waals surface area (Å²) in [5.74, 6) is 0.673. The Morgan fingerprint density at radius 3 is 2.94 bits per heavy atom. The smallest absolute Gasteiger partial charge is 0.160 e. The Morgan fingerprint density at radius 2 is 2.25 bits per heavy atom. The monoisotopic (exact) mass is 235 g/mol. The van der Waals surface area contributed by atoms with Gasteiger partial charge in [0.2, 0.25) is 0 Å². The summed E-state index contributed by atoms with van der Waals surface area (Å²) in [5.41, 5.74) is 2.18. The zero-order valence-corrected chi connectivity index (χ0v) is 9.75. The minimum Gasteiger partial charge on any atom is -0.504 e. The van der Waals surface area contributed by atoms with Crippen LogP contribution in [-0.4, -0.2) is 12.2 Å². The number of benzene rings is 1. The standard InChI is InChI=1S/C12H13NO2S/c1-15-12-6-9(2-3-11(12)14)7-13-10-4-5-16-8-10/h2-6,8,13-14H,7H2,1H3. The van der Waals surface area contributed by atoms with E-state index in [-0.39, 0.29) is 5.75 Å². The van der Waals surface area contributed by atoms with Crippen LogP contribution >= 0.6 is 11.3 Å². The first-order valence-corrected chi connectivity index (χ1v) is 5.86. The first-order valence-electron chi connectivity index (χ1n) is 4.91. The van der Waals surface area contributed by atoms with Crippen molar-refractivity contribution in [3.63, 3.8) is 0 Å². The van der Waals surface area contributed by atoms with Crippen molar-refractivity contribution in [3.8, 4) is 11.5 Å². The Balaban J connectivity index is 2.04. The molecule has 0 bridgehead atoms. The number of hydrogen-bond donors (Lipinski definition) is 2. The molecule has 1 aromatic carbocycles. The number of ether oxygens (including phenoxy) is 1. The molecular weight excluding hydrogens is 222 g/mol. The van der Waals surface area contributed by atoms with Crippen LogP contribution in [0.3, 0.4) is 0 Å². The highest BCUT2D eigenvalue weighted by molar-refractivity contribution is 7.08. The van der Waals surface area contributed by atoms with Gasteiger partial charge in [0.25, 0.3) is 0 Å². The maximum absolute atomic E-state index is 9.44. The molecule has 0 fully saturated rings. The van der Waals surface area contributed by atoms with E-state index in [1.165, 1.54) is 0 Å². The predicted molar refractivity (Wildman–Crippen MR) is 66.3 cm³/mol. The normalized spacial score (nSPS) is 10.1. The average Bonchev–Trinajstić information content (AvgIpc) is 2.81. The lowest BCUT2D eigenvalue weighted by Gasteiger charge is -2.07. The van der Waals surface area contributed by atoms with Crippen molar-refractivity contribution in [3.05, 3.63) is 40.6 Å². The second kappa shape index (κ2) is 4.90. The van der Waals surface area contributed by atoms with Gasteiger partial charge in [0.15, 0.2) is 11.5 Å². The van der Waals surface area contributed by atoms with Crippen LogP contribution in [0.5, 0.6) is 11.5 Å². The summed E-state index contributed by atoms with van der Waals surface area (Å²) in [5, 5.41) is 16.8. The third-order valence-corrected chi connectivity index (χ3v) is 2.95. The zero-order valence-electron chi connectivity index (χ0n) is 8.93. The van der Waals surface area contributed by atoms with Crippen molar-refractivity contribution in [2.75, 3.05) is 12.4 Å². The molecule has 0 spiro atoms. The number of aromatic hydroxyl groups is 1. The van der Waals surface area contributed by atoms with E-state index in [2.05, 4.69) is 10.7 Å². The van der Waals surface area contributed by atoms with Crippen molar-refractivity contribution in [2.45, 2.75) is 6.54 Å². The third kappa shape index (κ3) is 2.46. The van der Waals surface area contributed by atoms with Crippen LogP contribution in [0, 0.1) is 0 Å². The second-order valence-corrected chi connectivity index (χ2v) is 4.15. The molecule has 2 N–H and O–H groups in total. The van der Waals surface area contributed by atoms with Crippen LogP contribution in [-0.2, 0) is 6.54 Å². The summed E-state index contributed by atoms with van der Waals surface area (Å²) in [6, 6.07) is 7.37.